The van der Waals surface area contributed by atoms with Gasteiger partial charge in [-0.15, -0.1) is 5.10 Å². The second kappa shape index (κ2) is 5.06. The van der Waals surface area contributed by atoms with E-state index in [2.05, 4.69) is 10.3 Å². The number of hydrogen-bond acceptors (Lipinski definition) is 6. The molecule has 8 nitrogen and oxygen atoms in total. The zero-order valence-corrected chi connectivity index (χ0v) is 11.9. The molecule has 1 aromatic carbocycles. The third-order valence-corrected chi connectivity index (χ3v) is 3.41. The van der Waals surface area contributed by atoms with Crippen LogP contribution in [-0.2, 0) is 11.4 Å². The molecule has 0 spiro atoms. The number of fused-ring (bicyclic) bond motifs is 1. The molecule has 1 aliphatic rings. The maximum atomic E-state index is 12.1. The molecule has 1 aliphatic heterocycles. The number of imide groups is 1. The van der Waals surface area contributed by atoms with Crippen LogP contribution in [0.4, 0.5) is 0 Å². The van der Waals surface area contributed by atoms with Crippen LogP contribution < -0.4 is 0 Å². The summed E-state index contributed by atoms with van der Waals surface area (Å²) in [7, 11) is 0. The van der Waals surface area contributed by atoms with Crippen LogP contribution in [0.15, 0.2) is 24.3 Å². The zero-order chi connectivity index (χ0) is 15.9. The summed E-state index contributed by atoms with van der Waals surface area (Å²) in [5.74, 6) is -2.24. The molecular weight excluding hydrogens is 288 g/mol. The zero-order valence-electron chi connectivity index (χ0n) is 11.9. The fraction of sp³-hybridized carbons (Fsp3) is 0.214. The first-order chi connectivity index (χ1) is 10.5. The van der Waals surface area contributed by atoms with Crippen molar-refractivity contribution >= 4 is 17.8 Å². The Bertz CT molecular complexity index is 761. The highest BCUT2D eigenvalue weighted by atomic mass is 16.7. The van der Waals surface area contributed by atoms with Gasteiger partial charge < -0.3 is 4.84 Å². The molecule has 112 valence electrons. The quantitative estimate of drug-likeness (QED) is 0.784. The number of hydrogen-bond donors (Lipinski definition) is 0. The number of benzene rings is 1. The van der Waals surface area contributed by atoms with E-state index in [0.29, 0.717) is 17.3 Å². The summed E-state index contributed by atoms with van der Waals surface area (Å²) < 4.78 is 1.51. The molecule has 2 heterocycles. The first-order valence-corrected chi connectivity index (χ1v) is 6.64. The topological polar surface area (TPSA) is 94.4 Å². The minimum atomic E-state index is -0.897. The lowest BCUT2D eigenvalue weighted by Gasteiger charge is -2.11. The highest BCUT2D eigenvalue weighted by Crippen LogP contribution is 2.23. The molecule has 0 bridgehead atoms. The number of aryl methyl sites for hydroxylation is 1. The Kier molecular flexibility index (Phi) is 3.21. The van der Waals surface area contributed by atoms with Crippen molar-refractivity contribution in [3.63, 3.8) is 0 Å². The third-order valence-electron chi connectivity index (χ3n) is 3.41. The van der Waals surface area contributed by atoms with Gasteiger partial charge in [0.05, 0.1) is 16.8 Å². The summed E-state index contributed by atoms with van der Waals surface area (Å²) in [5, 5.41) is 7.96. The molecule has 0 saturated carbocycles. The van der Waals surface area contributed by atoms with Gasteiger partial charge in [0, 0.05) is 6.54 Å². The van der Waals surface area contributed by atoms with Gasteiger partial charge in [0.15, 0.2) is 5.69 Å². The molecule has 0 aliphatic carbocycles. The number of hydroxylamine groups is 2. The highest BCUT2D eigenvalue weighted by molar-refractivity contribution is 6.21. The summed E-state index contributed by atoms with van der Waals surface area (Å²) in [6, 6.07) is 6.27. The van der Waals surface area contributed by atoms with Crippen LogP contribution in [0, 0.1) is 6.92 Å². The van der Waals surface area contributed by atoms with Gasteiger partial charge in [0.25, 0.3) is 11.8 Å². The Morgan fingerprint density at radius 2 is 1.77 bits per heavy atom. The molecule has 3 rings (SSSR count). The number of nitrogens with zero attached hydrogens (tertiary/aromatic N) is 4. The van der Waals surface area contributed by atoms with E-state index in [1.54, 1.807) is 19.1 Å². The van der Waals surface area contributed by atoms with Crippen molar-refractivity contribution in [2.24, 2.45) is 0 Å². The lowest BCUT2D eigenvalue weighted by molar-refractivity contribution is -0.0589. The van der Waals surface area contributed by atoms with Crippen molar-refractivity contribution in [1.82, 2.24) is 20.1 Å². The van der Waals surface area contributed by atoms with Gasteiger partial charge in [-0.1, -0.05) is 22.4 Å². The van der Waals surface area contributed by atoms with Gasteiger partial charge in [-0.25, -0.2) is 9.48 Å². The summed E-state index contributed by atoms with van der Waals surface area (Å²) in [5.41, 5.74) is 0.881. The average Bonchev–Trinajstić information content (AvgIpc) is 3.01. The van der Waals surface area contributed by atoms with Gasteiger partial charge >= 0.3 is 5.97 Å². The smallest absolute Gasteiger partial charge is 0.322 e. The SMILES string of the molecule is CCn1nnc(C(=O)ON2C(=O)c3ccccc3C2=O)c1C. The monoisotopic (exact) mass is 300 g/mol. The molecule has 0 fully saturated rings. The van der Waals surface area contributed by atoms with Crippen LogP contribution in [0.3, 0.4) is 0 Å². The Hall–Kier alpha value is -3.03. The van der Waals surface area contributed by atoms with Gasteiger partial charge in [0.2, 0.25) is 0 Å². The summed E-state index contributed by atoms with van der Waals surface area (Å²) in [6.07, 6.45) is 0. The summed E-state index contributed by atoms with van der Waals surface area (Å²) in [6.45, 7) is 4.04. The molecule has 0 saturated heterocycles. The Morgan fingerprint density at radius 1 is 1.18 bits per heavy atom. The maximum Gasteiger partial charge on any atom is 0.385 e. The lowest BCUT2D eigenvalue weighted by Crippen LogP contribution is -2.33. The molecule has 22 heavy (non-hydrogen) atoms. The summed E-state index contributed by atoms with van der Waals surface area (Å²) >= 11 is 0. The van der Waals surface area contributed by atoms with Gasteiger partial charge in [-0.05, 0) is 26.0 Å². The minimum Gasteiger partial charge on any atom is -0.322 e. The maximum absolute atomic E-state index is 12.1. The van der Waals surface area contributed by atoms with E-state index in [0.717, 1.165) is 0 Å². The largest absolute Gasteiger partial charge is 0.385 e. The van der Waals surface area contributed by atoms with E-state index in [4.69, 9.17) is 4.84 Å². The lowest BCUT2D eigenvalue weighted by atomic mass is 10.1. The standard InChI is InChI=1S/C14H12N4O4/c1-3-17-8(2)11(15-16-17)14(21)22-18-12(19)9-6-4-5-7-10(9)13(18)20/h4-7H,3H2,1-2H3. The summed E-state index contributed by atoms with van der Waals surface area (Å²) in [4.78, 5) is 41.2. The van der Waals surface area contributed by atoms with E-state index in [9.17, 15) is 14.4 Å². The van der Waals surface area contributed by atoms with Crippen LogP contribution in [-0.4, -0.2) is 37.8 Å². The second-order valence-electron chi connectivity index (χ2n) is 4.67. The predicted molar refractivity (Wildman–Crippen MR) is 72.8 cm³/mol. The normalized spacial score (nSPS) is 13.5. The molecule has 0 N–H and O–H groups in total. The van der Waals surface area contributed by atoms with Crippen molar-refractivity contribution in [2.45, 2.75) is 20.4 Å². The molecule has 0 atom stereocenters. The van der Waals surface area contributed by atoms with Crippen molar-refractivity contribution in [2.75, 3.05) is 0 Å². The number of amides is 2. The van der Waals surface area contributed by atoms with E-state index in [1.165, 1.54) is 16.8 Å². The van der Waals surface area contributed by atoms with Crippen molar-refractivity contribution in [3.8, 4) is 0 Å². The molecule has 0 unspecified atom stereocenters. The molecule has 8 heteroatoms. The Balaban J connectivity index is 1.85. The van der Waals surface area contributed by atoms with Crippen LogP contribution in [0.1, 0.15) is 43.8 Å². The van der Waals surface area contributed by atoms with Crippen LogP contribution in [0.25, 0.3) is 0 Å². The molecule has 1 aromatic heterocycles. The van der Waals surface area contributed by atoms with Crippen molar-refractivity contribution < 1.29 is 19.2 Å². The van der Waals surface area contributed by atoms with E-state index in [-0.39, 0.29) is 16.8 Å². The minimum absolute atomic E-state index is 0.0293. The van der Waals surface area contributed by atoms with E-state index in [1.807, 2.05) is 6.92 Å². The molecule has 2 aromatic rings. The van der Waals surface area contributed by atoms with Gasteiger partial charge in [-0.2, -0.15) is 0 Å². The van der Waals surface area contributed by atoms with E-state index < -0.39 is 17.8 Å². The fourth-order valence-electron chi connectivity index (χ4n) is 2.23. The van der Waals surface area contributed by atoms with E-state index >= 15 is 0 Å². The van der Waals surface area contributed by atoms with Crippen LogP contribution >= 0.6 is 0 Å². The number of carbonyl (C=O) groups is 3. The highest BCUT2D eigenvalue weighted by Gasteiger charge is 2.39. The number of aromatic nitrogens is 3. The van der Waals surface area contributed by atoms with Gasteiger partial charge in [0.1, 0.15) is 0 Å². The fourth-order valence-corrected chi connectivity index (χ4v) is 2.23. The molecule has 2 amide bonds. The van der Waals surface area contributed by atoms with Crippen LogP contribution in [0.5, 0.6) is 0 Å². The van der Waals surface area contributed by atoms with Crippen LogP contribution in [0.2, 0.25) is 0 Å². The first-order valence-electron chi connectivity index (χ1n) is 6.64. The van der Waals surface area contributed by atoms with Gasteiger partial charge in [-0.3, -0.25) is 9.59 Å². The number of rotatable bonds is 3. The Morgan fingerprint density at radius 3 is 2.27 bits per heavy atom. The number of carbonyl (C=O) groups excluding carboxylic acids is 3. The van der Waals surface area contributed by atoms with Crippen molar-refractivity contribution in [3.05, 3.63) is 46.8 Å². The third kappa shape index (κ3) is 1.96. The molecular formula is C14H12N4O4. The van der Waals surface area contributed by atoms with Crippen molar-refractivity contribution in [1.29, 1.82) is 0 Å². The predicted octanol–water partition coefficient (Wildman–Crippen LogP) is 0.974. The second-order valence-corrected chi connectivity index (χ2v) is 4.67. The first kappa shape index (κ1) is 13.9. The molecule has 0 radical (unpaired) electrons. The Labute approximate surface area is 125 Å². The average molecular weight is 300 g/mol.